The molecule has 0 aromatic rings. The Balaban J connectivity index is 1.75. The van der Waals surface area contributed by atoms with Gasteiger partial charge in [0.1, 0.15) is 0 Å². The highest BCUT2D eigenvalue weighted by Crippen LogP contribution is 2.42. The van der Waals surface area contributed by atoms with E-state index in [1.54, 1.807) is 0 Å². The Kier molecular flexibility index (Phi) is 4.79. The molecule has 1 aliphatic carbocycles. The van der Waals surface area contributed by atoms with Crippen LogP contribution in [-0.4, -0.2) is 36.3 Å². The van der Waals surface area contributed by atoms with Gasteiger partial charge in [0.05, 0.1) is 6.10 Å². The fraction of sp³-hybridized carbons (Fsp3) is 1.00. The van der Waals surface area contributed by atoms with E-state index in [0.717, 1.165) is 6.61 Å². The number of hydrogen-bond acceptors (Lipinski definition) is 3. The van der Waals surface area contributed by atoms with Gasteiger partial charge in [-0.25, -0.2) is 0 Å². The maximum absolute atomic E-state index is 5.82. The molecule has 2 nitrogen and oxygen atoms in total. The largest absolute Gasteiger partial charge is 0.378 e. The molecule has 0 bridgehead atoms. The standard InChI is InChI=1S/C14H27NOS/c1-11(2)13-9-12(5-8-16-13)15-10-14(17-3)6-4-7-14/h11-13,15H,4-10H2,1-3H3. The van der Waals surface area contributed by atoms with E-state index >= 15 is 0 Å². The van der Waals surface area contributed by atoms with Crippen LogP contribution in [0, 0.1) is 5.92 Å². The van der Waals surface area contributed by atoms with Crippen molar-refractivity contribution < 1.29 is 4.74 Å². The van der Waals surface area contributed by atoms with Gasteiger partial charge < -0.3 is 10.1 Å². The van der Waals surface area contributed by atoms with E-state index in [-0.39, 0.29) is 0 Å². The Labute approximate surface area is 110 Å². The molecule has 2 atom stereocenters. The van der Waals surface area contributed by atoms with Crippen molar-refractivity contribution in [3.8, 4) is 0 Å². The molecule has 0 aromatic heterocycles. The van der Waals surface area contributed by atoms with E-state index in [0.29, 0.717) is 22.8 Å². The zero-order chi connectivity index (χ0) is 12.3. The van der Waals surface area contributed by atoms with Crippen molar-refractivity contribution in [1.29, 1.82) is 0 Å². The zero-order valence-corrected chi connectivity index (χ0v) is 12.3. The molecule has 1 heterocycles. The van der Waals surface area contributed by atoms with Crippen LogP contribution in [0.3, 0.4) is 0 Å². The molecule has 0 aromatic carbocycles. The number of thioether (sulfide) groups is 1. The van der Waals surface area contributed by atoms with Crippen molar-refractivity contribution in [1.82, 2.24) is 5.32 Å². The van der Waals surface area contributed by atoms with Crippen molar-refractivity contribution in [3.63, 3.8) is 0 Å². The van der Waals surface area contributed by atoms with Crippen LogP contribution in [0.4, 0.5) is 0 Å². The SMILES string of the molecule is CSC1(CNC2CCOC(C(C)C)C2)CCC1. The smallest absolute Gasteiger partial charge is 0.0612 e. The van der Waals surface area contributed by atoms with Crippen LogP contribution in [0.5, 0.6) is 0 Å². The second-order valence-electron chi connectivity index (χ2n) is 6.00. The fourth-order valence-corrected chi connectivity index (χ4v) is 3.76. The zero-order valence-electron chi connectivity index (χ0n) is 11.5. The molecule has 100 valence electrons. The second kappa shape index (κ2) is 5.94. The lowest BCUT2D eigenvalue weighted by Gasteiger charge is -2.42. The molecule has 2 aliphatic rings. The molecule has 0 amide bonds. The molecule has 2 rings (SSSR count). The van der Waals surface area contributed by atoms with Gasteiger partial charge in [0, 0.05) is 23.9 Å². The molecule has 2 unspecified atom stereocenters. The summed E-state index contributed by atoms with van der Waals surface area (Å²) in [6.45, 7) is 6.67. The van der Waals surface area contributed by atoms with E-state index in [1.807, 2.05) is 0 Å². The van der Waals surface area contributed by atoms with E-state index in [9.17, 15) is 0 Å². The molecular formula is C14H27NOS. The number of nitrogens with one attached hydrogen (secondary N) is 1. The van der Waals surface area contributed by atoms with Gasteiger partial charge in [0.25, 0.3) is 0 Å². The van der Waals surface area contributed by atoms with E-state index in [4.69, 9.17) is 4.74 Å². The summed E-state index contributed by atoms with van der Waals surface area (Å²) in [6.07, 6.45) is 9.34. The van der Waals surface area contributed by atoms with Crippen molar-refractivity contribution in [3.05, 3.63) is 0 Å². The van der Waals surface area contributed by atoms with Gasteiger partial charge in [-0.1, -0.05) is 20.3 Å². The number of hydrogen-bond donors (Lipinski definition) is 1. The van der Waals surface area contributed by atoms with Gasteiger partial charge >= 0.3 is 0 Å². The third kappa shape index (κ3) is 3.39. The van der Waals surface area contributed by atoms with Crippen LogP contribution in [0.1, 0.15) is 46.0 Å². The van der Waals surface area contributed by atoms with E-state index < -0.39 is 0 Å². The Hall–Kier alpha value is 0.270. The number of ether oxygens (including phenoxy) is 1. The number of rotatable bonds is 5. The summed E-state index contributed by atoms with van der Waals surface area (Å²) < 4.78 is 6.38. The average molecular weight is 257 g/mol. The van der Waals surface area contributed by atoms with Gasteiger partial charge in [-0.2, -0.15) is 11.8 Å². The topological polar surface area (TPSA) is 21.3 Å². The minimum Gasteiger partial charge on any atom is -0.378 e. The highest BCUT2D eigenvalue weighted by Gasteiger charge is 2.36. The van der Waals surface area contributed by atoms with Crippen molar-refractivity contribution in [2.24, 2.45) is 5.92 Å². The average Bonchev–Trinajstić information content (AvgIpc) is 2.28. The summed E-state index contributed by atoms with van der Waals surface area (Å²) in [5.41, 5.74) is 0. The van der Waals surface area contributed by atoms with Gasteiger partial charge in [-0.05, 0) is 37.9 Å². The second-order valence-corrected chi connectivity index (χ2v) is 7.27. The van der Waals surface area contributed by atoms with Crippen LogP contribution >= 0.6 is 11.8 Å². The van der Waals surface area contributed by atoms with Crippen LogP contribution in [0.15, 0.2) is 0 Å². The summed E-state index contributed by atoms with van der Waals surface area (Å²) in [7, 11) is 0. The minimum absolute atomic E-state index is 0.466. The Bertz CT molecular complexity index is 235. The molecule has 1 aliphatic heterocycles. The van der Waals surface area contributed by atoms with Gasteiger partial charge in [0.2, 0.25) is 0 Å². The van der Waals surface area contributed by atoms with Crippen molar-refractivity contribution >= 4 is 11.8 Å². The lowest BCUT2D eigenvalue weighted by atomic mass is 9.83. The minimum atomic E-state index is 0.466. The summed E-state index contributed by atoms with van der Waals surface area (Å²) in [4.78, 5) is 0. The van der Waals surface area contributed by atoms with Crippen LogP contribution < -0.4 is 5.32 Å². The molecule has 2 fully saturated rings. The van der Waals surface area contributed by atoms with Gasteiger partial charge in [0.15, 0.2) is 0 Å². The Morgan fingerprint density at radius 3 is 2.71 bits per heavy atom. The van der Waals surface area contributed by atoms with Gasteiger partial charge in [-0.15, -0.1) is 0 Å². The summed E-state index contributed by atoms with van der Waals surface area (Å²) >= 11 is 2.06. The Morgan fingerprint density at radius 2 is 2.18 bits per heavy atom. The molecule has 17 heavy (non-hydrogen) atoms. The first kappa shape index (κ1) is 13.7. The normalized spacial score (nSPS) is 32.5. The predicted octanol–water partition coefficient (Wildman–Crippen LogP) is 3.07. The van der Waals surface area contributed by atoms with Crippen LogP contribution in [-0.2, 0) is 4.74 Å². The fourth-order valence-electron chi connectivity index (χ4n) is 2.83. The molecule has 0 spiro atoms. The quantitative estimate of drug-likeness (QED) is 0.818. The van der Waals surface area contributed by atoms with Crippen molar-refractivity contribution in [2.45, 2.75) is 62.8 Å². The maximum Gasteiger partial charge on any atom is 0.0612 e. The third-order valence-electron chi connectivity index (χ3n) is 4.47. The summed E-state index contributed by atoms with van der Waals surface area (Å²) in [6, 6.07) is 0.681. The Morgan fingerprint density at radius 1 is 1.41 bits per heavy atom. The molecule has 1 saturated carbocycles. The van der Waals surface area contributed by atoms with Gasteiger partial charge in [-0.3, -0.25) is 0 Å². The molecule has 1 N–H and O–H groups in total. The molecule has 1 saturated heterocycles. The van der Waals surface area contributed by atoms with Crippen LogP contribution in [0.2, 0.25) is 0 Å². The highest BCUT2D eigenvalue weighted by atomic mass is 32.2. The highest BCUT2D eigenvalue weighted by molar-refractivity contribution is 8.00. The van der Waals surface area contributed by atoms with E-state index in [1.165, 1.54) is 38.6 Å². The first-order valence-corrected chi connectivity index (χ1v) is 8.28. The maximum atomic E-state index is 5.82. The first-order chi connectivity index (χ1) is 8.15. The third-order valence-corrected chi connectivity index (χ3v) is 5.89. The predicted molar refractivity (Wildman–Crippen MR) is 75.7 cm³/mol. The molecular weight excluding hydrogens is 230 g/mol. The first-order valence-electron chi connectivity index (χ1n) is 7.05. The lowest BCUT2D eigenvalue weighted by molar-refractivity contribution is -0.0248. The lowest BCUT2D eigenvalue weighted by Crippen LogP contribution is -2.49. The monoisotopic (exact) mass is 257 g/mol. The van der Waals surface area contributed by atoms with Crippen LogP contribution in [0.25, 0.3) is 0 Å². The molecule has 0 radical (unpaired) electrons. The van der Waals surface area contributed by atoms with E-state index in [2.05, 4.69) is 37.2 Å². The summed E-state index contributed by atoms with van der Waals surface area (Å²) in [5.74, 6) is 0.651. The molecule has 3 heteroatoms. The van der Waals surface area contributed by atoms with Crippen molar-refractivity contribution in [2.75, 3.05) is 19.4 Å². The summed E-state index contributed by atoms with van der Waals surface area (Å²) in [5, 5.41) is 3.80.